The molecule has 0 atom stereocenters. The summed E-state index contributed by atoms with van der Waals surface area (Å²) in [5.74, 6) is 1.66. The second-order valence-electron chi connectivity index (χ2n) is 4.33. The fourth-order valence-corrected chi connectivity index (χ4v) is 1.48. The Morgan fingerprint density at radius 1 is 1.33 bits per heavy atom. The maximum Gasteiger partial charge on any atom is 0.122 e. The van der Waals surface area contributed by atoms with Crippen LogP contribution < -0.4 is 10.1 Å². The van der Waals surface area contributed by atoms with Crippen molar-refractivity contribution in [3.63, 3.8) is 0 Å². The van der Waals surface area contributed by atoms with E-state index in [1.807, 2.05) is 0 Å². The normalized spacial score (nSPS) is 10.7. The second kappa shape index (κ2) is 5.76. The van der Waals surface area contributed by atoms with Crippen molar-refractivity contribution in [1.82, 2.24) is 5.32 Å². The molecule has 0 aliphatic heterocycles. The van der Waals surface area contributed by atoms with Gasteiger partial charge < -0.3 is 10.1 Å². The smallest absolute Gasteiger partial charge is 0.122 e. The molecular weight excluding hydrogens is 186 g/mol. The molecule has 1 N–H and O–H groups in total. The average Bonchev–Trinajstić information content (AvgIpc) is 2.20. The Hall–Kier alpha value is -1.02. The van der Waals surface area contributed by atoms with E-state index in [-0.39, 0.29) is 0 Å². The van der Waals surface area contributed by atoms with E-state index in [0.29, 0.717) is 5.92 Å². The number of rotatable bonds is 5. The third-order valence-corrected chi connectivity index (χ3v) is 2.35. The van der Waals surface area contributed by atoms with E-state index in [2.05, 4.69) is 44.3 Å². The van der Waals surface area contributed by atoms with Gasteiger partial charge in [-0.3, -0.25) is 0 Å². The van der Waals surface area contributed by atoms with Gasteiger partial charge >= 0.3 is 0 Å². The summed E-state index contributed by atoms with van der Waals surface area (Å²) in [5, 5.41) is 3.42. The molecule has 1 aromatic rings. The summed E-state index contributed by atoms with van der Waals surface area (Å²) >= 11 is 0. The van der Waals surface area contributed by atoms with Crippen LogP contribution in [-0.4, -0.2) is 13.7 Å². The third-order valence-electron chi connectivity index (χ3n) is 2.35. The highest BCUT2D eigenvalue weighted by Crippen LogP contribution is 2.18. The molecule has 0 spiro atoms. The minimum atomic E-state index is 0.692. The maximum atomic E-state index is 5.29. The summed E-state index contributed by atoms with van der Waals surface area (Å²) in [6, 6.07) is 6.35. The van der Waals surface area contributed by atoms with Crippen LogP contribution in [0, 0.1) is 12.8 Å². The zero-order valence-corrected chi connectivity index (χ0v) is 10.1. The molecule has 0 aliphatic carbocycles. The minimum Gasteiger partial charge on any atom is -0.496 e. The van der Waals surface area contributed by atoms with Crippen molar-refractivity contribution < 1.29 is 4.74 Å². The lowest BCUT2D eigenvalue weighted by Crippen LogP contribution is -2.18. The molecule has 2 nitrogen and oxygen atoms in total. The minimum absolute atomic E-state index is 0.692. The maximum absolute atomic E-state index is 5.29. The molecule has 0 aromatic heterocycles. The van der Waals surface area contributed by atoms with Crippen LogP contribution in [0.1, 0.15) is 25.0 Å². The summed E-state index contributed by atoms with van der Waals surface area (Å²) in [6.07, 6.45) is 0. The summed E-state index contributed by atoms with van der Waals surface area (Å²) in [4.78, 5) is 0. The molecule has 0 amide bonds. The van der Waals surface area contributed by atoms with Crippen LogP contribution in [0.4, 0.5) is 0 Å². The van der Waals surface area contributed by atoms with Gasteiger partial charge in [-0.1, -0.05) is 26.0 Å². The van der Waals surface area contributed by atoms with Crippen LogP contribution in [0.25, 0.3) is 0 Å². The van der Waals surface area contributed by atoms with E-state index in [1.165, 1.54) is 11.1 Å². The first-order chi connectivity index (χ1) is 7.13. The van der Waals surface area contributed by atoms with Crippen molar-refractivity contribution in [2.45, 2.75) is 27.3 Å². The van der Waals surface area contributed by atoms with Crippen LogP contribution in [0.2, 0.25) is 0 Å². The number of aryl methyl sites for hydroxylation is 1. The van der Waals surface area contributed by atoms with Gasteiger partial charge in [0.2, 0.25) is 0 Å². The van der Waals surface area contributed by atoms with Gasteiger partial charge in [0.05, 0.1) is 7.11 Å². The molecule has 84 valence electrons. The standard InChI is InChI=1S/C13H21NO/c1-10(2)8-14-9-12-6-5-11(3)13(7-12)15-4/h5-7,10,14H,8-9H2,1-4H3. The Morgan fingerprint density at radius 3 is 2.67 bits per heavy atom. The number of nitrogens with one attached hydrogen (secondary N) is 1. The Labute approximate surface area is 92.6 Å². The Balaban J connectivity index is 2.54. The zero-order chi connectivity index (χ0) is 11.3. The lowest BCUT2D eigenvalue weighted by atomic mass is 10.1. The van der Waals surface area contributed by atoms with E-state index in [4.69, 9.17) is 4.74 Å². The first-order valence-corrected chi connectivity index (χ1v) is 5.47. The zero-order valence-electron chi connectivity index (χ0n) is 10.1. The largest absolute Gasteiger partial charge is 0.496 e. The average molecular weight is 207 g/mol. The first-order valence-electron chi connectivity index (χ1n) is 5.47. The number of hydrogen-bond acceptors (Lipinski definition) is 2. The van der Waals surface area contributed by atoms with Crippen molar-refractivity contribution in [3.8, 4) is 5.75 Å². The van der Waals surface area contributed by atoms with Gasteiger partial charge in [0.15, 0.2) is 0 Å². The molecule has 0 fully saturated rings. The molecule has 0 bridgehead atoms. The van der Waals surface area contributed by atoms with Crippen molar-refractivity contribution in [3.05, 3.63) is 29.3 Å². The summed E-state index contributed by atoms with van der Waals surface area (Å²) in [7, 11) is 1.72. The monoisotopic (exact) mass is 207 g/mol. The lowest BCUT2D eigenvalue weighted by molar-refractivity contribution is 0.411. The van der Waals surface area contributed by atoms with E-state index in [1.54, 1.807) is 7.11 Å². The summed E-state index contributed by atoms with van der Waals surface area (Å²) in [5.41, 5.74) is 2.46. The van der Waals surface area contributed by atoms with Crippen LogP contribution in [-0.2, 0) is 6.54 Å². The molecular formula is C13H21NO. The van der Waals surface area contributed by atoms with Gasteiger partial charge in [0.1, 0.15) is 5.75 Å². The van der Waals surface area contributed by atoms with Crippen LogP contribution in [0.3, 0.4) is 0 Å². The topological polar surface area (TPSA) is 21.3 Å². The van der Waals surface area contributed by atoms with Crippen molar-refractivity contribution in [2.24, 2.45) is 5.92 Å². The summed E-state index contributed by atoms with van der Waals surface area (Å²) < 4.78 is 5.29. The molecule has 1 rings (SSSR count). The van der Waals surface area contributed by atoms with Gasteiger partial charge in [-0.2, -0.15) is 0 Å². The fourth-order valence-electron chi connectivity index (χ4n) is 1.48. The van der Waals surface area contributed by atoms with Gasteiger partial charge in [-0.15, -0.1) is 0 Å². The van der Waals surface area contributed by atoms with Crippen molar-refractivity contribution in [2.75, 3.05) is 13.7 Å². The van der Waals surface area contributed by atoms with Crippen LogP contribution in [0.5, 0.6) is 5.75 Å². The molecule has 0 heterocycles. The molecule has 0 radical (unpaired) electrons. The molecule has 0 saturated heterocycles. The number of benzene rings is 1. The van der Waals surface area contributed by atoms with Gasteiger partial charge in [-0.25, -0.2) is 0 Å². The molecule has 0 saturated carbocycles. The molecule has 1 aromatic carbocycles. The molecule has 0 unspecified atom stereocenters. The third kappa shape index (κ3) is 3.92. The molecule has 2 heteroatoms. The SMILES string of the molecule is COc1cc(CNCC(C)C)ccc1C. The number of ether oxygens (including phenoxy) is 1. The highest BCUT2D eigenvalue weighted by atomic mass is 16.5. The molecule has 0 aliphatic rings. The Bertz CT molecular complexity index is 307. The number of methoxy groups -OCH3 is 1. The van der Waals surface area contributed by atoms with Gasteiger partial charge in [0.25, 0.3) is 0 Å². The lowest BCUT2D eigenvalue weighted by Gasteiger charge is -2.10. The number of hydrogen-bond donors (Lipinski definition) is 1. The van der Waals surface area contributed by atoms with Gasteiger partial charge in [0, 0.05) is 6.54 Å². The van der Waals surface area contributed by atoms with Crippen molar-refractivity contribution in [1.29, 1.82) is 0 Å². The van der Waals surface area contributed by atoms with E-state index >= 15 is 0 Å². The predicted molar refractivity (Wildman–Crippen MR) is 64.3 cm³/mol. The second-order valence-corrected chi connectivity index (χ2v) is 4.33. The van der Waals surface area contributed by atoms with Crippen LogP contribution >= 0.6 is 0 Å². The highest BCUT2D eigenvalue weighted by molar-refractivity contribution is 5.36. The Morgan fingerprint density at radius 2 is 2.07 bits per heavy atom. The van der Waals surface area contributed by atoms with Gasteiger partial charge in [-0.05, 0) is 36.6 Å². The van der Waals surface area contributed by atoms with E-state index in [0.717, 1.165) is 18.8 Å². The quantitative estimate of drug-likeness (QED) is 0.801. The van der Waals surface area contributed by atoms with E-state index < -0.39 is 0 Å². The summed E-state index contributed by atoms with van der Waals surface area (Å²) in [6.45, 7) is 8.45. The predicted octanol–water partition coefficient (Wildman–Crippen LogP) is 2.75. The highest BCUT2D eigenvalue weighted by Gasteiger charge is 2.00. The van der Waals surface area contributed by atoms with Crippen LogP contribution in [0.15, 0.2) is 18.2 Å². The first kappa shape index (κ1) is 12.1. The fraction of sp³-hybridized carbons (Fsp3) is 0.538. The molecule has 15 heavy (non-hydrogen) atoms. The Kier molecular flexibility index (Phi) is 4.63. The van der Waals surface area contributed by atoms with E-state index in [9.17, 15) is 0 Å². The van der Waals surface area contributed by atoms with Crippen molar-refractivity contribution >= 4 is 0 Å².